The second kappa shape index (κ2) is 3.88. The number of benzene rings is 1. The van der Waals surface area contributed by atoms with Crippen molar-refractivity contribution in [2.45, 2.75) is 13.0 Å². The van der Waals surface area contributed by atoms with Crippen LogP contribution < -0.4 is 5.32 Å². The molecule has 6 heteroatoms. The Labute approximate surface area is 91.1 Å². The molecule has 0 amide bonds. The molecule has 84 valence electrons. The first-order chi connectivity index (χ1) is 7.58. The molecule has 0 saturated heterocycles. The first-order valence-electron chi connectivity index (χ1n) is 4.83. The molecule has 0 bridgehead atoms. The number of rotatable bonds is 2. The molecule has 5 nitrogen and oxygen atoms in total. The van der Waals surface area contributed by atoms with E-state index >= 15 is 0 Å². The summed E-state index contributed by atoms with van der Waals surface area (Å²) in [4.78, 5) is 13.9. The van der Waals surface area contributed by atoms with Crippen LogP contribution in [0, 0.1) is 15.9 Å². The van der Waals surface area contributed by atoms with Crippen LogP contribution in [-0.2, 0) is 0 Å². The fourth-order valence-corrected chi connectivity index (χ4v) is 1.53. The molecule has 1 aromatic rings. The van der Waals surface area contributed by atoms with Crippen molar-refractivity contribution in [3.63, 3.8) is 0 Å². The summed E-state index contributed by atoms with van der Waals surface area (Å²) < 4.78 is 13.6. The Morgan fingerprint density at radius 2 is 2.38 bits per heavy atom. The average molecular weight is 223 g/mol. The predicted molar refractivity (Wildman–Crippen MR) is 57.1 cm³/mol. The highest BCUT2D eigenvalue weighted by Crippen LogP contribution is 2.18. The molecule has 1 aliphatic heterocycles. The van der Waals surface area contributed by atoms with Gasteiger partial charge in [0.1, 0.15) is 11.7 Å². The van der Waals surface area contributed by atoms with Gasteiger partial charge in [-0.15, -0.1) is 0 Å². The van der Waals surface area contributed by atoms with Gasteiger partial charge in [-0.3, -0.25) is 15.1 Å². The highest BCUT2D eigenvalue weighted by atomic mass is 19.1. The molecule has 0 spiro atoms. The lowest BCUT2D eigenvalue weighted by atomic mass is 10.1. The monoisotopic (exact) mass is 223 g/mol. The van der Waals surface area contributed by atoms with Crippen LogP contribution in [0.15, 0.2) is 23.2 Å². The van der Waals surface area contributed by atoms with Gasteiger partial charge in [-0.2, -0.15) is 0 Å². The fourth-order valence-electron chi connectivity index (χ4n) is 1.53. The first-order valence-corrected chi connectivity index (χ1v) is 4.83. The van der Waals surface area contributed by atoms with Crippen LogP contribution >= 0.6 is 0 Å². The zero-order valence-corrected chi connectivity index (χ0v) is 8.61. The SMILES string of the molecule is CC1CN=C(c2ccc([N+](=O)[O-])cc2F)N1. The molecule has 16 heavy (non-hydrogen) atoms. The van der Waals surface area contributed by atoms with Gasteiger partial charge in [0.25, 0.3) is 5.69 Å². The number of halogens is 1. The van der Waals surface area contributed by atoms with E-state index in [1.807, 2.05) is 6.92 Å². The number of nitrogens with one attached hydrogen (secondary N) is 1. The van der Waals surface area contributed by atoms with E-state index in [2.05, 4.69) is 10.3 Å². The Balaban J connectivity index is 2.33. The second-order valence-corrected chi connectivity index (χ2v) is 3.66. The van der Waals surface area contributed by atoms with Gasteiger partial charge in [-0.25, -0.2) is 4.39 Å². The predicted octanol–water partition coefficient (Wildman–Crippen LogP) is 1.47. The zero-order chi connectivity index (χ0) is 11.7. The molecule has 1 aliphatic rings. The van der Waals surface area contributed by atoms with E-state index in [1.165, 1.54) is 12.1 Å². The van der Waals surface area contributed by atoms with Gasteiger partial charge in [-0.1, -0.05) is 0 Å². The van der Waals surface area contributed by atoms with Gasteiger partial charge < -0.3 is 5.32 Å². The van der Waals surface area contributed by atoms with Gasteiger partial charge in [0.15, 0.2) is 0 Å². The maximum Gasteiger partial charge on any atom is 0.272 e. The summed E-state index contributed by atoms with van der Waals surface area (Å²) >= 11 is 0. The molecule has 1 aromatic carbocycles. The summed E-state index contributed by atoms with van der Waals surface area (Å²) in [5.41, 5.74) is 0.0165. The summed E-state index contributed by atoms with van der Waals surface area (Å²) in [6.45, 7) is 2.52. The van der Waals surface area contributed by atoms with Crippen molar-refractivity contribution in [1.29, 1.82) is 0 Å². The topological polar surface area (TPSA) is 67.5 Å². The summed E-state index contributed by atoms with van der Waals surface area (Å²) in [5, 5.41) is 13.4. The van der Waals surface area contributed by atoms with Crippen molar-refractivity contribution in [3.8, 4) is 0 Å². The first kappa shape index (κ1) is 10.5. The Morgan fingerprint density at radius 3 is 2.88 bits per heavy atom. The van der Waals surface area contributed by atoms with Crippen molar-refractivity contribution in [2.24, 2.45) is 4.99 Å². The van der Waals surface area contributed by atoms with Crippen molar-refractivity contribution in [1.82, 2.24) is 5.32 Å². The van der Waals surface area contributed by atoms with Crippen LogP contribution in [-0.4, -0.2) is 23.3 Å². The van der Waals surface area contributed by atoms with Crippen molar-refractivity contribution in [3.05, 3.63) is 39.7 Å². The molecular weight excluding hydrogens is 213 g/mol. The minimum Gasteiger partial charge on any atom is -0.365 e. The number of nitrogens with zero attached hydrogens (tertiary/aromatic N) is 2. The van der Waals surface area contributed by atoms with Crippen LogP contribution in [0.1, 0.15) is 12.5 Å². The van der Waals surface area contributed by atoms with Crippen LogP contribution in [0.4, 0.5) is 10.1 Å². The molecule has 0 aliphatic carbocycles. The zero-order valence-electron chi connectivity index (χ0n) is 8.61. The highest BCUT2D eigenvalue weighted by molar-refractivity contribution is 6.00. The Kier molecular flexibility index (Phi) is 2.55. The maximum atomic E-state index is 13.6. The van der Waals surface area contributed by atoms with Crippen molar-refractivity contribution in [2.75, 3.05) is 6.54 Å². The molecule has 1 heterocycles. The smallest absolute Gasteiger partial charge is 0.272 e. The Morgan fingerprint density at radius 1 is 1.62 bits per heavy atom. The largest absolute Gasteiger partial charge is 0.365 e. The van der Waals surface area contributed by atoms with E-state index < -0.39 is 10.7 Å². The maximum absolute atomic E-state index is 13.6. The molecule has 1 atom stereocenters. The van der Waals surface area contributed by atoms with Crippen LogP contribution in [0.25, 0.3) is 0 Å². The highest BCUT2D eigenvalue weighted by Gasteiger charge is 2.19. The number of nitro groups is 1. The van der Waals surface area contributed by atoms with Gasteiger partial charge >= 0.3 is 0 Å². The van der Waals surface area contributed by atoms with Crippen LogP contribution in [0.5, 0.6) is 0 Å². The molecule has 0 saturated carbocycles. The molecule has 1 N–H and O–H groups in total. The molecule has 2 rings (SSSR count). The number of hydrogen-bond donors (Lipinski definition) is 1. The Bertz CT molecular complexity index is 473. The minimum absolute atomic E-state index is 0.171. The average Bonchev–Trinajstić information content (AvgIpc) is 2.64. The van der Waals surface area contributed by atoms with Gasteiger partial charge in [0.05, 0.1) is 23.1 Å². The Hall–Kier alpha value is -1.98. The third-order valence-corrected chi connectivity index (χ3v) is 2.32. The lowest BCUT2D eigenvalue weighted by Crippen LogP contribution is -2.28. The van der Waals surface area contributed by atoms with Crippen LogP contribution in [0.3, 0.4) is 0 Å². The molecule has 0 fully saturated rings. The lowest BCUT2D eigenvalue weighted by molar-refractivity contribution is -0.385. The van der Waals surface area contributed by atoms with Gasteiger partial charge in [0, 0.05) is 12.1 Å². The molecule has 0 aromatic heterocycles. The van der Waals surface area contributed by atoms with Gasteiger partial charge in [0.2, 0.25) is 0 Å². The van der Waals surface area contributed by atoms with E-state index in [0.29, 0.717) is 12.4 Å². The molecular formula is C10H10FN3O2. The molecule has 0 radical (unpaired) electrons. The molecule has 1 unspecified atom stereocenters. The number of non-ortho nitro benzene ring substituents is 1. The van der Waals surface area contributed by atoms with Crippen molar-refractivity contribution >= 4 is 11.5 Å². The number of hydrogen-bond acceptors (Lipinski definition) is 4. The van der Waals surface area contributed by atoms with E-state index in [9.17, 15) is 14.5 Å². The summed E-state index contributed by atoms with van der Waals surface area (Å²) in [6.07, 6.45) is 0. The standard InChI is InChI=1S/C10H10FN3O2/c1-6-5-12-10(13-6)8-3-2-7(14(15)16)4-9(8)11/h2-4,6H,5H2,1H3,(H,12,13). The van der Waals surface area contributed by atoms with E-state index in [-0.39, 0.29) is 17.3 Å². The summed E-state index contributed by atoms with van der Waals surface area (Å²) in [5.74, 6) is -0.172. The second-order valence-electron chi connectivity index (χ2n) is 3.66. The quantitative estimate of drug-likeness (QED) is 0.609. The van der Waals surface area contributed by atoms with E-state index in [4.69, 9.17) is 0 Å². The number of amidine groups is 1. The fraction of sp³-hybridized carbons (Fsp3) is 0.300. The lowest BCUT2D eigenvalue weighted by Gasteiger charge is -2.06. The summed E-state index contributed by atoms with van der Waals surface area (Å²) in [6, 6.07) is 3.72. The summed E-state index contributed by atoms with van der Waals surface area (Å²) in [7, 11) is 0. The normalized spacial score (nSPS) is 19.1. The number of aliphatic imine (C=N–C) groups is 1. The third-order valence-electron chi connectivity index (χ3n) is 2.32. The van der Waals surface area contributed by atoms with E-state index in [1.54, 1.807) is 0 Å². The number of nitro benzene ring substituents is 1. The van der Waals surface area contributed by atoms with Gasteiger partial charge in [-0.05, 0) is 13.0 Å². The van der Waals surface area contributed by atoms with Crippen molar-refractivity contribution < 1.29 is 9.31 Å². The van der Waals surface area contributed by atoms with Crippen LogP contribution in [0.2, 0.25) is 0 Å². The minimum atomic E-state index is -0.630. The van der Waals surface area contributed by atoms with E-state index in [0.717, 1.165) is 6.07 Å². The third kappa shape index (κ3) is 1.86.